The first-order chi connectivity index (χ1) is 16.0. The molecule has 0 amide bonds. The molecule has 0 radical (unpaired) electrons. The Kier molecular flexibility index (Phi) is 6.20. The standard InChI is InChI=1S/C23H28F3N7/c24-23(25,26)19-13-30-22(32-20(19)18-12-29-21-17(18)2-1-7-28-21)31-16-6-11-33(14-16)10-5-15-3-8-27-9-4-15/h1-2,7,12-13,15-16,27H,3-6,8-11,14H2,(H,28,29)(H,30,31,32). The van der Waals surface area contributed by atoms with E-state index in [9.17, 15) is 13.2 Å². The van der Waals surface area contributed by atoms with Gasteiger partial charge in [-0.05, 0) is 63.4 Å². The Morgan fingerprint density at radius 1 is 1.15 bits per heavy atom. The van der Waals surface area contributed by atoms with E-state index in [0.29, 0.717) is 16.6 Å². The SMILES string of the molecule is FC(F)(F)c1cnc(NC2CCN(CCC3CCNCC3)C2)nc1-c1c[nH]c2ncccc12. The zero-order valence-electron chi connectivity index (χ0n) is 18.3. The van der Waals surface area contributed by atoms with Gasteiger partial charge in [0.05, 0.1) is 5.69 Å². The molecule has 3 aromatic rings. The van der Waals surface area contributed by atoms with E-state index in [1.807, 2.05) is 0 Å². The fourth-order valence-corrected chi connectivity index (χ4v) is 4.89. The number of nitrogens with one attached hydrogen (secondary N) is 3. The first kappa shape index (κ1) is 22.1. The molecule has 3 aromatic heterocycles. The van der Waals surface area contributed by atoms with Gasteiger partial charge in [0.2, 0.25) is 5.95 Å². The van der Waals surface area contributed by atoms with Gasteiger partial charge in [0.15, 0.2) is 0 Å². The second-order valence-corrected chi connectivity index (χ2v) is 8.97. The fourth-order valence-electron chi connectivity index (χ4n) is 4.89. The summed E-state index contributed by atoms with van der Waals surface area (Å²) in [6.45, 7) is 5.10. The Labute approximate surface area is 190 Å². The van der Waals surface area contributed by atoms with Crippen LogP contribution in [0.4, 0.5) is 19.1 Å². The third-order valence-corrected chi connectivity index (χ3v) is 6.72. The van der Waals surface area contributed by atoms with E-state index in [-0.39, 0.29) is 17.7 Å². The molecule has 2 aliphatic heterocycles. The third-order valence-electron chi connectivity index (χ3n) is 6.72. The number of aromatic nitrogens is 4. The lowest BCUT2D eigenvalue weighted by atomic mass is 9.94. The van der Waals surface area contributed by atoms with Crippen molar-refractivity contribution in [1.82, 2.24) is 30.2 Å². The average molecular weight is 460 g/mol. The predicted octanol–water partition coefficient (Wildman–Crippen LogP) is 3.91. The van der Waals surface area contributed by atoms with Crippen molar-refractivity contribution in [2.45, 2.75) is 37.9 Å². The minimum absolute atomic E-state index is 0.118. The van der Waals surface area contributed by atoms with Gasteiger partial charge in [0, 0.05) is 48.7 Å². The number of hydrogen-bond donors (Lipinski definition) is 3. The topological polar surface area (TPSA) is 81.8 Å². The number of rotatable bonds is 6. The van der Waals surface area contributed by atoms with Crippen LogP contribution in [0, 0.1) is 5.92 Å². The largest absolute Gasteiger partial charge is 0.419 e. The van der Waals surface area contributed by atoms with E-state index in [0.717, 1.165) is 51.3 Å². The zero-order chi connectivity index (χ0) is 22.8. The van der Waals surface area contributed by atoms with Crippen molar-refractivity contribution in [2.75, 3.05) is 38.0 Å². The molecule has 10 heteroatoms. The van der Waals surface area contributed by atoms with Crippen molar-refractivity contribution in [1.29, 1.82) is 0 Å². The Bertz CT molecular complexity index is 1090. The highest BCUT2D eigenvalue weighted by Gasteiger charge is 2.36. The second-order valence-electron chi connectivity index (χ2n) is 8.97. The maximum Gasteiger partial charge on any atom is 0.419 e. The Hall–Kier alpha value is -2.72. The van der Waals surface area contributed by atoms with Gasteiger partial charge < -0.3 is 20.5 Å². The molecule has 0 aromatic carbocycles. The van der Waals surface area contributed by atoms with Crippen LogP contribution >= 0.6 is 0 Å². The van der Waals surface area contributed by atoms with Crippen molar-refractivity contribution < 1.29 is 13.2 Å². The van der Waals surface area contributed by atoms with Crippen LogP contribution in [0.15, 0.2) is 30.7 Å². The molecule has 1 atom stereocenters. The molecule has 0 spiro atoms. The average Bonchev–Trinajstić information content (AvgIpc) is 3.44. The molecule has 7 nitrogen and oxygen atoms in total. The molecule has 176 valence electrons. The molecule has 5 heterocycles. The van der Waals surface area contributed by atoms with Gasteiger partial charge in [-0.15, -0.1) is 0 Å². The third kappa shape index (κ3) is 4.96. The van der Waals surface area contributed by atoms with Crippen molar-refractivity contribution >= 4 is 17.0 Å². The minimum Gasteiger partial charge on any atom is -0.350 e. The van der Waals surface area contributed by atoms with Crippen LogP contribution in [-0.2, 0) is 6.18 Å². The van der Waals surface area contributed by atoms with Crippen molar-refractivity contribution in [3.63, 3.8) is 0 Å². The van der Waals surface area contributed by atoms with Crippen LogP contribution in [0.3, 0.4) is 0 Å². The number of likely N-dealkylation sites (tertiary alicyclic amines) is 1. The number of hydrogen-bond acceptors (Lipinski definition) is 6. The molecule has 5 rings (SSSR count). The van der Waals surface area contributed by atoms with E-state index in [2.05, 4.69) is 35.5 Å². The van der Waals surface area contributed by atoms with Crippen LogP contribution in [0.2, 0.25) is 0 Å². The molecule has 33 heavy (non-hydrogen) atoms. The number of nitrogens with zero attached hydrogens (tertiary/aromatic N) is 4. The molecule has 1 unspecified atom stereocenters. The van der Waals surface area contributed by atoms with E-state index in [1.54, 1.807) is 18.3 Å². The minimum atomic E-state index is -4.56. The van der Waals surface area contributed by atoms with Gasteiger partial charge in [-0.3, -0.25) is 0 Å². The van der Waals surface area contributed by atoms with E-state index < -0.39 is 11.7 Å². The summed E-state index contributed by atoms with van der Waals surface area (Å²) in [5, 5.41) is 7.27. The molecule has 2 aliphatic rings. The number of anilines is 1. The summed E-state index contributed by atoms with van der Waals surface area (Å²) < 4.78 is 41.2. The van der Waals surface area contributed by atoms with E-state index in [1.165, 1.54) is 25.5 Å². The molecule has 2 saturated heterocycles. The van der Waals surface area contributed by atoms with Crippen molar-refractivity contribution in [2.24, 2.45) is 5.92 Å². The fraction of sp³-hybridized carbons (Fsp3) is 0.522. The van der Waals surface area contributed by atoms with E-state index in [4.69, 9.17) is 0 Å². The van der Waals surface area contributed by atoms with E-state index >= 15 is 0 Å². The first-order valence-corrected chi connectivity index (χ1v) is 11.5. The van der Waals surface area contributed by atoms with Gasteiger partial charge in [-0.1, -0.05) is 0 Å². The van der Waals surface area contributed by atoms with Crippen LogP contribution in [0.5, 0.6) is 0 Å². The number of H-pyrrole nitrogens is 1. The lowest BCUT2D eigenvalue weighted by Gasteiger charge is -2.25. The van der Waals surface area contributed by atoms with Crippen LogP contribution in [0.1, 0.15) is 31.2 Å². The quantitative estimate of drug-likeness (QED) is 0.519. The summed E-state index contributed by atoms with van der Waals surface area (Å²) in [7, 11) is 0. The van der Waals surface area contributed by atoms with Gasteiger partial charge in [-0.2, -0.15) is 13.2 Å². The molecule has 2 fully saturated rings. The summed E-state index contributed by atoms with van der Waals surface area (Å²) in [4.78, 5) is 17.9. The smallest absolute Gasteiger partial charge is 0.350 e. The Balaban J connectivity index is 1.31. The summed E-state index contributed by atoms with van der Waals surface area (Å²) in [6.07, 6.45) is 4.03. The van der Waals surface area contributed by atoms with Gasteiger partial charge in [0.1, 0.15) is 11.2 Å². The monoisotopic (exact) mass is 459 g/mol. The van der Waals surface area contributed by atoms with Gasteiger partial charge in [-0.25, -0.2) is 15.0 Å². The zero-order valence-corrected chi connectivity index (χ0v) is 18.3. The van der Waals surface area contributed by atoms with Crippen LogP contribution < -0.4 is 10.6 Å². The molecule has 0 saturated carbocycles. The first-order valence-electron chi connectivity index (χ1n) is 11.5. The summed E-state index contributed by atoms with van der Waals surface area (Å²) in [5.41, 5.74) is -0.104. The normalized spacial score (nSPS) is 20.5. The number of fused-ring (bicyclic) bond motifs is 1. The highest BCUT2D eigenvalue weighted by Crippen LogP contribution is 2.38. The molecule has 0 bridgehead atoms. The highest BCUT2D eigenvalue weighted by molar-refractivity contribution is 5.93. The number of aromatic amines is 1. The van der Waals surface area contributed by atoms with Gasteiger partial charge >= 0.3 is 6.18 Å². The van der Waals surface area contributed by atoms with Crippen LogP contribution in [0.25, 0.3) is 22.3 Å². The van der Waals surface area contributed by atoms with Crippen molar-refractivity contribution in [3.8, 4) is 11.3 Å². The number of halogens is 3. The maximum absolute atomic E-state index is 13.7. The highest BCUT2D eigenvalue weighted by atomic mass is 19.4. The molecule has 3 N–H and O–H groups in total. The molecular weight excluding hydrogens is 431 g/mol. The molecule has 0 aliphatic carbocycles. The maximum atomic E-state index is 13.7. The van der Waals surface area contributed by atoms with Gasteiger partial charge in [0.25, 0.3) is 0 Å². The summed E-state index contributed by atoms with van der Waals surface area (Å²) in [5.74, 6) is 1.01. The summed E-state index contributed by atoms with van der Waals surface area (Å²) >= 11 is 0. The van der Waals surface area contributed by atoms with Crippen LogP contribution in [-0.4, -0.2) is 63.6 Å². The second kappa shape index (κ2) is 9.26. The number of pyridine rings is 1. The molecular formula is C23H28F3N7. The Morgan fingerprint density at radius 3 is 2.82 bits per heavy atom. The Morgan fingerprint density at radius 2 is 2.00 bits per heavy atom. The number of piperidine rings is 1. The predicted molar refractivity (Wildman–Crippen MR) is 121 cm³/mol. The van der Waals surface area contributed by atoms with Crippen molar-refractivity contribution in [3.05, 3.63) is 36.3 Å². The number of alkyl halides is 3. The lowest BCUT2D eigenvalue weighted by molar-refractivity contribution is -0.137. The lowest BCUT2D eigenvalue weighted by Crippen LogP contribution is -2.32. The summed E-state index contributed by atoms with van der Waals surface area (Å²) in [6, 6.07) is 3.55.